The quantitative estimate of drug-likeness (QED) is 0.756. The summed E-state index contributed by atoms with van der Waals surface area (Å²) in [6, 6.07) is 17.7. The zero-order chi connectivity index (χ0) is 16.2. The average molecular weight is 324 g/mol. The number of rotatable bonds is 4. The van der Waals surface area contributed by atoms with Crippen LogP contribution in [-0.4, -0.2) is 11.1 Å². The first-order valence-electron chi connectivity index (χ1n) is 7.21. The molecule has 116 valence electrons. The molecule has 0 saturated carbocycles. The molecule has 0 fully saturated rings. The maximum Gasteiger partial charge on any atom is 0.278 e. The lowest BCUT2D eigenvalue weighted by Crippen LogP contribution is -2.14. The van der Waals surface area contributed by atoms with E-state index < -0.39 is 0 Å². The molecule has 5 heteroatoms. The van der Waals surface area contributed by atoms with E-state index in [0.29, 0.717) is 11.5 Å². The monoisotopic (exact) mass is 324 g/mol. The zero-order valence-electron chi connectivity index (χ0n) is 12.9. The van der Waals surface area contributed by atoms with E-state index >= 15 is 0 Å². The van der Waals surface area contributed by atoms with Gasteiger partial charge in [0.1, 0.15) is 5.76 Å². The predicted octanol–water partition coefficient (Wildman–Crippen LogP) is 4.69. The Morgan fingerprint density at radius 3 is 2.43 bits per heavy atom. The van der Waals surface area contributed by atoms with Gasteiger partial charge in [-0.05, 0) is 38.1 Å². The third kappa shape index (κ3) is 3.46. The lowest BCUT2D eigenvalue weighted by molar-refractivity contribution is 0.101. The van der Waals surface area contributed by atoms with Crippen molar-refractivity contribution in [2.75, 3.05) is 5.32 Å². The van der Waals surface area contributed by atoms with Crippen LogP contribution >= 0.6 is 11.8 Å². The van der Waals surface area contributed by atoms with Crippen LogP contribution in [0.2, 0.25) is 0 Å². The Balaban J connectivity index is 1.83. The third-order valence-electron chi connectivity index (χ3n) is 3.48. The molecule has 0 aliphatic heterocycles. The van der Waals surface area contributed by atoms with E-state index in [0.717, 1.165) is 21.0 Å². The van der Waals surface area contributed by atoms with Gasteiger partial charge >= 0.3 is 0 Å². The molecule has 3 rings (SSSR count). The molecule has 0 aliphatic rings. The van der Waals surface area contributed by atoms with E-state index in [-0.39, 0.29) is 5.91 Å². The smallest absolute Gasteiger partial charge is 0.278 e. The second kappa shape index (κ2) is 6.71. The molecule has 0 atom stereocenters. The van der Waals surface area contributed by atoms with Crippen LogP contribution in [0.25, 0.3) is 0 Å². The number of carbonyl (C=O) groups is 1. The molecular weight excluding hydrogens is 308 g/mol. The van der Waals surface area contributed by atoms with Gasteiger partial charge < -0.3 is 9.84 Å². The van der Waals surface area contributed by atoms with Gasteiger partial charge in [-0.1, -0.05) is 47.3 Å². The molecule has 0 unspecified atom stereocenters. The number of aryl methyl sites for hydroxylation is 1. The van der Waals surface area contributed by atoms with Gasteiger partial charge in [-0.25, -0.2) is 0 Å². The minimum absolute atomic E-state index is 0.263. The number of amides is 1. The predicted molar refractivity (Wildman–Crippen MR) is 90.9 cm³/mol. The number of carbonyl (C=O) groups excluding carboxylic acids is 1. The van der Waals surface area contributed by atoms with Crippen molar-refractivity contribution in [3.8, 4) is 0 Å². The fraction of sp³-hybridized carbons (Fsp3) is 0.111. The summed E-state index contributed by atoms with van der Waals surface area (Å²) in [6.07, 6.45) is 0. The number of nitrogens with one attached hydrogen (secondary N) is 1. The molecule has 3 aromatic rings. The highest BCUT2D eigenvalue weighted by Gasteiger charge is 2.17. The highest BCUT2D eigenvalue weighted by Crippen LogP contribution is 2.33. The van der Waals surface area contributed by atoms with Crippen LogP contribution in [0.5, 0.6) is 0 Å². The second-order valence-corrected chi connectivity index (χ2v) is 6.19. The summed E-state index contributed by atoms with van der Waals surface area (Å²) < 4.78 is 5.06. The van der Waals surface area contributed by atoms with E-state index in [1.807, 2.05) is 61.5 Å². The number of hydrogen-bond donors (Lipinski definition) is 1. The molecule has 0 radical (unpaired) electrons. The number of hydrogen-bond acceptors (Lipinski definition) is 4. The van der Waals surface area contributed by atoms with Crippen molar-refractivity contribution in [1.82, 2.24) is 5.16 Å². The highest BCUT2D eigenvalue weighted by atomic mass is 32.2. The van der Waals surface area contributed by atoms with Gasteiger partial charge in [0.25, 0.3) is 5.91 Å². The standard InChI is InChI=1S/C18H16N2O2S/c1-12-13(2)22-20-17(12)18(21)19-15-10-6-7-11-16(15)23-14-8-4-3-5-9-14/h3-11H,1-2H3,(H,19,21). The number of nitrogens with zero attached hydrogens (tertiary/aromatic N) is 1. The van der Waals surface area contributed by atoms with Crippen LogP contribution in [0, 0.1) is 13.8 Å². The Kier molecular flexibility index (Phi) is 4.48. The van der Waals surface area contributed by atoms with Crippen molar-refractivity contribution in [2.24, 2.45) is 0 Å². The van der Waals surface area contributed by atoms with Gasteiger partial charge in [0.2, 0.25) is 0 Å². The Morgan fingerprint density at radius 2 is 1.74 bits per heavy atom. The molecule has 4 nitrogen and oxygen atoms in total. The molecule has 0 bridgehead atoms. The SMILES string of the molecule is Cc1onc(C(=O)Nc2ccccc2Sc2ccccc2)c1C. The van der Waals surface area contributed by atoms with E-state index in [1.165, 1.54) is 0 Å². The number of para-hydroxylation sites is 1. The van der Waals surface area contributed by atoms with Gasteiger partial charge in [0.05, 0.1) is 5.69 Å². The minimum Gasteiger partial charge on any atom is -0.361 e. The van der Waals surface area contributed by atoms with Crippen molar-refractivity contribution in [3.63, 3.8) is 0 Å². The first-order chi connectivity index (χ1) is 11.1. The topological polar surface area (TPSA) is 55.1 Å². The molecule has 1 heterocycles. The first kappa shape index (κ1) is 15.4. The summed E-state index contributed by atoms with van der Waals surface area (Å²) in [5, 5.41) is 6.75. The maximum absolute atomic E-state index is 12.4. The molecule has 23 heavy (non-hydrogen) atoms. The number of benzene rings is 2. The van der Waals surface area contributed by atoms with Crippen LogP contribution in [-0.2, 0) is 0 Å². The second-order valence-electron chi connectivity index (χ2n) is 5.08. The summed E-state index contributed by atoms with van der Waals surface area (Å²) in [7, 11) is 0. The van der Waals surface area contributed by atoms with Crippen LogP contribution in [0.1, 0.15) is 21.8 Å². The van der Waals surface area contributed by atoms with Gasteiger partial charge in [-0.2, -0.15) is 0 Å². The Hall–Kier alpha value is -2.53. The van der Waals surface area contributed by atoms with Gasteiger partial charge in [0, 0.05) is 15.4 Å². The molecule has 2 aromatic carbocycles. The van der Waals surface area contributed by atoms with Gasteiger partial charge in [0.15, 0.2) is 5.69 Å². The van der Waals surface area contributed by atoms with Crippen LogP contribution < -0.4 is 5.32 Å². The van der Waals surface area contributed by atoms with Crippen molar-refractivity contribution in [3.05, 3.63) is 71.6 Å². The maximum atomic E-state index is 12.4. The van der Waals surface area contributed by atoms with Crippen LogP contribution in [0.4, 0.5) is 5.69 Å². The van der Waals surface area contributed by atoms with E-state index in [1.54, 1.807) is 18.7 Å². The Morgan fingerprint density at radius 1 is 1.04 bits per heavy atom. The highest BCUT2D eigenvalue weighted by molar-refractivity contribution is 7.99. The number of aromatic nitrogens is 1. The lowest BCUT2D eigenvalue weighted by atomic mass is 10.2. The van der Waals surface area contributed by atoms with Crippen molar-refractivity contribution >= 4 is 23.4 Å². The fourth-order valence-electron chi connectivity index (χ4n) is 2.09. The summed E-state index contributed by atoms with van der Waals surface area (Å²) in [5.41, 5.74) is 1.84. The van der Waals surface area contributed by atoms with Gasteiger partial charge in [-0.3, -0.25) is 4.79 Å². The molecule has 1 N–H and O–H groups in total. The lowest BCUT2D eigenvalue weighted by Gasteiger charge is -2.10. The third-order valence-corrected chi connectivity index (χ3v) is 4.56. The summed E-state index contributed by atoms with van der Waals surface area (Å²) in [4.78, 5) is 14.5. The van der Waals surface area contributed by atoms with Gasteiger partial charge in [-0.15, -0.1) is 0 Å². The Labute approximate surface area is 138 Å². The largest absolute Gasteiger partial charge is 0.361 e. The average Bonchev–Trinajstić information content (AvgIpc) is 2.90. The molecule has 0 aliphatic carbocycles. The molecule has 0 spiro atoms. The summed E-state index contributed by atoms with van der Waals surface area (Å²) >= 11 is 1.60. The van der Waals surface area contributed by atoms with E-state index in [9.17, 15) is 4.79 Å². The summed E-state index contributed by atoms with van der Waals surface area (Å²) in [5.74, 6) is 0.391. The van der Waals surface area contributed by atoms with Crippen LogP contribution in [0.15, 0.2) is 68.9 Å². The Bertz CT molecular complexity index is 828. The van der Waals surface area contributed by atoms with Crippen molar-refractivity contribution in [2.45, 2.75) is 23.6 Å². The fourth-order valence-corrected chi connectivity index (χ4v) is 3.01. The number of anilines is 1. The first-order valence-corrected chi connectivity index (χ1v) is 8.03. The molecule has 0 saturated heterocycles. The van der Waals surface area contributed by atoms with Crippen molar-refractivity contribution < 1.29 is 9.32 Å². The molecule has 1 amide bonds. The van der Waals surface area contributed by atoms with E-state index in [4.69, 9.17) is 4.52 Å². The zero-order valence-corrected chi connectivity index (χ0v) is 13.7. The minimum atomic E-state index is -0.263. The normalized spacial score (nSPS) is 10.5. The van der Waals surface area contributed by atoms with Crippen LogP contribution in [0.3, 0.4) is 0 Å². The molecule has 1 aromatic heterocycles. The summed E-state index contributed by atoms with van der Waals surface area (Å²) in [6.45, 7) is 3.61. The molecular formula is C18H16N2O2S. The van der Waals surface area contributed by atoms with Crippen molar-refractivity contribution in [1.29, 1.82) is 0 Å². The van der Waals surface area contributed by atoms with E-state index in [2.05, 4.69) is 10.5 Å².